The fraction of sp³-hybridized carbons (Fsp3) is 0.412. The van der Waals surface area contributed by atoms with Gasteiger partial charge in [-0.15, -0.1) is 0 Å². The van der Waals surface area contributed by atoms with Crippen LogP contribution >= 0.6 is 0 Å². The number of ether oxygens (including phenoxy) is 1. The topological polar surface area (TPSA) is 59.4 Å². The van der Waals surface area contributed by atoms with Crippen molar-refractivity contribution in [2.45, 2.75) is 18.9 Å². The smallest absolute Gasteiger partial charge is 0.318 e. The minimum absolute atomic E-state index is 0.0543. The average molecular weight is 314 g/mol. The lowest BCUT2D eigenvalue weighted by molar-refractivity contribution is 0.205. The summed E-state index contributed by atoms with van der Waals surface area (Å²) in [7, 11) is 3.56. The summed E-state index contributed by atoms with van der Waals surface area (Å²) in [5, 5.41) is 3.12. The molecule has 1 aliphatic heterocycles. The Morgan fingerprint density at radius 1 is 1.30 bits per heavy atom. The molecule has 0 radical (unpaired) electrons. The maximum absolute atomic E-state index is 12.6. The van der Waals surface area contributed by atoms with E-state index in [0.717, 1.165) is 43.1 Å². The molecule has 1 saturated heterocycles. The van der Waals surface area contributed by atoms with Gasteiger partial charge in [-0.3, -0.25) is 0 Å². The zero-order chi connectivity index (χ0) is 16.2. The molecule has 1 aromatic heterocycles. The number of imidazole rings is 1. The number of methoxy groups -OCH3 is 1. The normalized spacial score (nSPS) is 15.5. The third kappa shape index (κ3) is 3.16. The summed E-state index contributed by atoms with van der Waals surface area (Å²) >= 11 is 0. The molecule has 1 fully saturated rings. The first kappa shape index (κ1) is 15.4. The number of rotatable bonds is 4. The Morgan fingerprint density at radius 3 is 2.70 bits per heavy atom. The van der Waals surface area contributed by atoms with Gasteiger partial charge in [0.1, 0.15) is 17.6 Å². The fourth-order valence-electron chi connectivity index (χ4n) is 2.98. The third-order valence-electron chi connectivity index (χ3n) is 4.23. The van der Waals surface area contributed by atoms with Gasteiger partial charge in [-0.25, -0.2) is 9.78 Å². The Balaban J connectivity index is 1.94. The maximum Gasteiger partial charge on any atom is 0.318 e. The lowest BCUT2D eigenvalue weighted by Crippen LogP contribution is -2.41. The maximum atomic E-state index is 12.6. The zero-order valence-corrected chi connectivity index (χ0v) is 13.5. The molecule has 122 valence electrons. The number of aryl methyl sites for hydroxylation is 1. The van der Waals surface area contributed by atoms with Crippen LogP contribution in [-0.2, 0) is 7.05 Å². The number of aromatic nitrogens is 2. The molecule has 0 aliphatic carbocycles. The van der Waals surface area contributed by atoms with Crippen molar-refractivity contribution >= 4 is 6.03 Å². The highest BCUT2D eigenvalue weighted by atomic mass is 16.5. The molecule has 3 rings (SSSR count). The first-order valence-electron chi connectivity index (χ1n) is 7.86. The minimum atomic E-state index is -0.348. The van der Waals surface area contributed by atoms with Crippen molar-refractivity contribution in [3.63, 3.8) is 0 Å². The third-order valence-corrected chi connectivity index (χ3v) is 4.23. The SMILES string of the molecule is COc1ccccc1[C@@H](NC(=O)N1CCCC1)c1nccn1C. The van der Waals surface area contributed by atoms with E-state index in [2.05, 4.69) is 10.3 Å². The van der Waals surface area contributed by atoms with Crippen LogP contribution in [0.5, 0.6) is 5.75 Å². The van der Waals surface area contributed by atoms with Crippen LogP contribution in [0, 0.1) is 0 Å². The molecule has 6 heteroatoms. The van der Waals surface area contributed by atoms with Gasteiger partial charge < -0.3 is 19.5 Å². The Kier molecular flexibility index (Phi) is 4.50. The summed E-state index contributed by atoms with van der Waals surface area (Å²) in [4.78, 5) is 18.8. The van der Waals surface area contributed by atoms with E-state index in [1.165, 1.54) is 0 Å². The number of likely N-dealkylation sites (tertiary alicyclic amines) is 1. The largest absolute Gasteiger partial charge is 0.496 e. The minimum Gasteiger partial charge on any atom is -0.496 e. The van der Waals surface area contributed by atoms with Gasteiger partial charge in [-0.05, 0) is 18.9 Å². The van der Waals surface area contributed by atoms with Crippen LogP contribution < -0.4 is 10.1 Å². The van der Waals surface area contributed by atoms with E-state index in [-0.39, 0.29) is 12.1 Å². The van der Waals surface area contributed by atoms with Crippen molar-refractivity contribution in [3.8, 4) is 5.75 Å². The van der Waals surface area contributed by atoms with Crippen LogP contribution in [0.2, 0.25) is 0 Å². The molecular formula is C17H22N4O2. The number of hydrogen-bond donors (Lipinski definition) is 1. The molecule has 2 aromatic rings. The lowest BCUT2D eigenvalue weighted by atomic mass is 10.0. The van der Waals surface area contributed by atoms with Crippen molar-refractivity contribution < 1.29 is 9.53 Å². The lowest BCUT2D eigenvalue weighted by Gasteiger charge is -2.24. The van der Waals surface area contributed by atoms with E-state index < -0.39 is 0 Å². The predicted molar refractivity (Wildman–Crippen MR) is 87.4 cm³/mol. The summed E-state index contributed by atoms with van der Waals surface area (Å²) in [6, 6.07) is 7.31. The summed E-state index contributed by atoms with van der Waals surface area (Å²) in [5.41, 5.74) is 0.900. The van der Waals surface area contributed by atoms with Crippen molar-refractivity contribution in [1.82, 2.24) is 19.8 Å². The Morgan fingerprint density at radius 2 is 2.04 bits per heavy atom. The molecule has 1 aromatic carbocycles. The van der Waals surface area contributed by atoms with Crippen LogP contribution in [0.1, 0.15) is 30.3 Å². The van der Waals surface area contributed by atoms with Gasteiger partial charge in [0, 0.05) is 38.1 Å². The van der Waals surface area contributed by atoms with E-state index >= 15 is 0 Å². The van der Waals surface area contributed by atoms with Gasteiger partial charge in [0.25, 0.3) is 0 Å². The van der Waals surface area contributed by atoms with Crippen molar-refractivity contribution in [2.75, 3.05) is 20.2 Å². The number of amides is 2. The van der Waals surface area contributed by atoms with Gasteiger partial charge in [-0.1, -0.05) is 18.2 Å². The molecule has 1 aliphatic rings. The molecule has 0 unspecified atom stereocenters. The molecular weight excluding hydrogens is 292 g/mol. The second kappa shape index (κ2) is 6.73. The van der Waals surface area contributed by atoms with Crippen LogP contribution in [-0.4, -0.2) is 40.7 Å². The molecule has 0 bridgehead atoms. The van der Waals surface area contributed by atoms with Crippen molar-refractivity contribution in [3.05, 3.63) is 48.0 Å². The zero-order valence-electron chi connectivity index (χ0n) is 13.5. The van der Waals surface area contributed by atoms with E-state index in [0.29, 0.717) is 0 Å². The molecule has 6 nitrogen and oxygen atoms in total. The van der Waals surface area contributed by atoms with Crippen LogP contribution in [0.3, 0.4) is 0 Å². The van der Waals surface area contributed by atoms with Crippen molar-refractivity contribution in [1.29, 1.82) is 0 Å². The van der Waals surface area contributed by atoms with Crippen LogP contribution in [0.4, 0.5) is 4.79 Å². The fourth-order valence-corrected chi connectivity index (χ4v) is 2.98. The number of benzene rings is 1. The number of urea groups is 1. The number of nitrogens with zero attached hydrogens (tertiary/aromatic N) is 3. The molecule has 2 heterocycles. The number of para-hydroxylation sites is 1. The summed E-state index contributed by atoms with van der Waals surface area (Å²) in [5.74, 6) is 1.52. The molecule has 2 amide bonds. The predicted octanol–water partition coefficient (Wildman–Crippen LogP) is 2.32. The van der Waals surface area contributed by atoms with Gasteiger partial charge in [0.05, 0.1) is 7.11 Å². The Hall–Kier alpha value is -2.50. The highest BCUT2D eigenvalue weighted by Gasteiger charge is 2.27. The first-order valence-corrected chi connectivity index (χ1v) is 7.86. The van der Waals surface area contributed by atoms with Crippen LogP contribution in [0.15, 0.2) is 36.7 Å². The average Bonchev–Trinajstić information content (AvgIpc) is 3.24. The molecule has 1 atom stereocenters. The Labute approximate surface area is 136 Å². The molecule has 1 N–H and O–H groups in total. The van der Waals surface area contributed by atoms with E-state index in [1.807, 2.05) is 47.0 Å². The highest BCUT2D eigenvalue weighted by molar-refractivity contribution is 5.75. The second-order valence-corrected chi connectivity index (χ2v) is 5.71. The first-order chi connectivity index (χ1) is 11.2. The summed E-state index contributed by atoms with van der Waals surface area (Å²) in [6.07, 6.45) is 5.74. The number of carbonyl (C=O) groups is 1. The van der Waals surface area contributed by atoms with Gasteiger partial charge in [0.2, 0.25) is 0 Å². The molecule has 0 spiro atoms. The van der Waals surface area contributed by atoms with Gasteiger partial charge in [-0.2, -0.15) is 0 Å². The number of hydrogen-bond acceptors (Lipinski definition) is 3. The number of nitrogens with one attached hydrogen (secondary N) is 1. The monoisotopic (exact) mass is 314 g/mol. The molecule has 0 saturated carbocycles. The second-order valence-electron chi connectivity index (χ2n) is 5.71. The van der Waals surface area contributed by atoms with Gasteiger partial charge in [0.15, 0.2) is 0 Å². The van der Waals surface area contributed by atoms with Crippen molar-refractivity contribution in [2.24, 2.45) is 7.05 Å². The van der Waals surface area contributed by atoms with E-state index in [4.69, 9.17) is 4.74 Å². The number of carbonyl (C=O) groups excluding carboxylic acids is 1. The summed E-state index contributed by atoms with van der Waals surface area (Å²) in [6.45, 7) is 1.62. The highest BCUT2D eigenvalue weighted by Crippen LogP contribution is 2.29. The van der Waals surface area contributed by atoms with Gasteiger partial charge >= 0.3 is 6.03 Å². The molecule has 23 heavy (non-hydrogen) atoms. The quantitative estimate of drug-likeness (QED) is 0.942. The van der Waals surface area contributed by atoms with Crippen LogP contribution in [0.25, 0.3) is 0 Å². The van der Waals surface area contributed by atoms with E-state index in [9.17, 15) is 4.79 Å². The Bertz CT molecular complexity index is 677. The van der Waals surface area contributed by atoms with E-state index in [1.54, 1.807) is 13.3 Å². The summed E-state index contributed by atoms with van der Waals surface area (Å²) < 4.78 is 7.39. The standard InChI is InChI=1S/C17H22N4O2/c1-20-12-9-18-16(20)15(13-7-3-4-8-14(13)23-2)19-17(22)21-10-5-6-11-21/h3-4,7-9,12,15H,5-6,10-11H2,1-2H3,(H,19,22)/t15-/m1/s1.